The summed E-state index contributed by atoms with van der Waals surface area (Å²) in [5.74, 6) is 2.16. The maximum Gasteiger partial charge on any atom is 0.267 e. The van der Waals surface area contributed by atoms with E-state index in [-0.39, 0.29) is 0 Å². The average molecular weight is 432 g/mol. The summed E-state index contributed by atoms with van der Waals surface area (Å²) in [5, 5.41) is 0. The lowest BCUT2D eigenvalue weighted by molar-refractivity contribution is -0.595. The van der Waals surface area contributed by atoms with Crippen molar-refractivity contribution in [3.8, 4) is 28.4 Å². The number of rotatable bonds is 3. The molecule has 28 heavy (non-hydrogen) atoms. The summed E-state index contributed by atoms with van der Waals surface area (Å²) in [6.07, 6.45) is 4.30. The van der Waals surface area contributed by atoms with E-state index in [0.717, 1.165) is 28.8 Å². The molecule has 0 fully saturated rings. The Morgan fingerprint density at radius 3 is 2.39 bits per heavy atom. The Balaban J connectivity index is 1.75. The number of ether oxygens (including phenoxy) is 1. The monoisotopic (exact) mass is 431 g/mol. The largest absolute Gasteiger partial charge is 0.497 e. The summed E-state index contributed by atoms with van der Waals surface area (Å²) in [4.78, 5) is 0. The Hall–Kier alpha value is -2.85. The van der Waals surface area contributed by atoms with E-state index >= 15 is 0 Å². The SMILES string of the molecule is COc1ccc(-n2cc(-c3ccc(Br)cc3)[n+]3c2CCc2ccccc2-3)cc1. The molecule has 0 spiro atoms. The number of benzene rings is 3. The van der Waals surface area contributed by atoms with E-state index in [1.54, 1.807) is 7.11 Å². The van der Waals surface area contributed by atoms with Crippen LogP contribution in [0.1, 0.15) is 11.4 Å². The fraction of sp³-hybridized carbons (Fsp3) is 0.125. The standard InChI is InChI=1S/C24H20BrN2O/c1-28-21-13-11-20(12-14-21)26-16-23(18-6-9-19(25)10-7-18)27-22-5-3-2-4-17(22)8-15-24(26)27/h2-7,9-14,16H,8,15H2,1H3/q+1. The van der Waals surface area contributed by atoms with Crippen LogP contribution in [0.4, 0.5) is 0 Å². The molecule has 4 aromatic rings. The molecule has 3 nitrogen and oxygen atoms in total. The molecule has 0 N–H and O–H groups in total. The van der Waals surface area contributed by atoms with Crippen molar-refractivity contribution >= 4 is 15.9 Å². The first kappa shape index (κ1) is 17.3. The second-order valence-electron chi connectivity index (χ2n) is 6.97. The van der Waals surface area contributed by atoms with E-state index in [1.165, 1.54) is 28.3 Å². The predicted octanol–water partition coefficient (Wildman–Crippen LogP) is 5.29. The fourth-order valence-electron chi connectivity index (χ4n) is 3.98. The molecule has 5 rings (SSSR count). The van der Waals surface area contributed by atoms with Crippen molar-refractivity contribution in [1.29, 1.82) is 0 Å². The Bertz CT molecular complexity index is 1140. The second kappa shape index (κ2) is 6.95. The van der Waals surface area contributed by atoms with Gasteiger partial charge in [0.05, 0.1) is 13.5 Å². The summed E-state index contributed by atoms with van der Waals surface area (Å²) in [6.45, 7) is 0. The highest BCUT2D eigenvalue weighted by molar-refractivity contribution is 9.10. The summed E-state index contributed by atoms with van der Waals surface area (Å²) >= 11 is 3.55. The van der Waals surface area contributed by atoms with E-state index in [4.69, 9.17) is 4.74 Å². The summed E-state index contributed by atoms with van der Waals surface area (Å²) in [6, 6.07) is 25.5. The van der Waals surface area contributed by atoms with Crippen molar-refractivity contribution in [2.45, 2.75) is 12.8 Å². The number of aryl methyl sites for hydroxylation is 1. The van der Waals surface area contributed by atoms with Crippen LogP contribution in [0.3, 0.4) is 0 Å². The smallest absolute Gasteiger partial charge is 0.267 e. The van der Waals surface area contributed by atoms with Gasteiger partial charge in [0.25, 0.3) is 5.82 Å². The van der Waals surface area contributed by atoms with Crippen LogP contribution in [0.5, 0.6) is 5.75 Å². The lowest BCUT2D eigenvalue weighted by Crippen LogP contribution is -2.41. The van der Waals surface area contributed by atoms with Crippen molar-refractivity contribution in [2.24, 2.45) is 0 Å². The van der Waals surface area contributed by atoms with Crippen molar-refractivity contribution in [1.82, 2.24) is 4.57 Å². The zero-order chi connectivity index (χ0) is 19.1. The number of aromatic nitrogens is 2. The van der Waals surface area contributed by atoms with Gasteiger partial charge in [0.15, 0.2) is 5.69 Å². The molecule has 2 heterocycles. The van der Waals surface area contributed by atoms with Gasteiger partial charge in [0, 0.05) is 10.0 Å². The molecule has 0 aliphatic carbocycles. The third-order valence-corrected chi connectivity index (χ3v) is 5.90. The number of methoxy groups -OCH3 is 1. The molecule has 138 valence electrons. The molecule has 0 saturated heterocycles. The van der Waals surface area contributed by atoms with Crippen molar-refractivity contribution in [2.75, 3.05) is 7.11 Å². The molecule has 0 saturated carbocycles. The number of hydrogen-bond donors (Lipinski definition) is 0. The first-order valence-corrected chi connectivity index (χ1v) is 10.2. The summed E-state index contributed by atoms with van der Waals surface area (Å²) in [7, 11) is 1.70. The lowest BCUT2D eigenvalue weighted by Gasteiger charge is -2.15. The first-order valence-electron chi connectivity index (χ1n) is 9.39. The molecule has 0 radical (unpaired) electrons. The minimum atomic E-state index is 0.871. The van der Waals surface area contributed by atoms with E-state index in [2.05, 4.69) is 91.9 Å². The van der Waals surface area contributed by atoms with E-state index < -0.39 is 0 Å². The van der Waals surface area contributed by atoms with Crippen molar-refractivity contribution in [3.05, 3.63) is 94.9 Å². The van der Waals surface area contributed by atoms with Crippen LogP contribution in [0.15, 0.2) is 83.5 Å². The van der Waals surface area contributed by atoms with Gasteiger partial charge in [-0.1, -0.05) is 34.1 Å². The molecule has 0 bridgehead atoms. The number of para-hydroxylation sites is 1. The number of halogens is 1. The van der Waals surface area contributed by atoms with Gasteiger partial charge in [0.2, 0.25) is 0 Å². The van der Waals surface area contributed by atoms with E-state index in [1.807, 2.05) is 12.1 Å². The molecule has 4 heteroatoms. The predicted molar refractivity (Wildman–Crippen MR) is 114 cm³/mol. The normalized spacial score (nSPS) is 12.4. The molecule has 0 unspecified atom stereocenters. The van der Waals surface area contributed by atoms with Crippen molar-refractivity contribution in [3.63, 3.8) is 0 Å². The van der Waals surface area contributed by atoms with Crippen molar-refractivity contribution < 1.29 is 9.30 Å². The van der Waals surface area contributed by atoms with Crippen LogP contribution >= 0.6 is 15.9 Å². The quantitative estimate of drug-likeness (QED) is 0.403. The molecule has 0 amide bonds. The summed E-state index contributed by atoms with van der Waals surface area (Å²) in [5.41, 5.74) is 6.21. The number of hydrogen-bond acceptors (Lipinski definition) is 1. The van der Waals surface area contributed by atoms with Crippen LogP contribution < -0.4 is 9.30 Å². The number of nitrogens with zero attached hydrogens (tertiary/aromatic N) is 2. The van der Waals surface area contributed by atoms with Crippen LogP contribution in [-0.2, 0) is 12.8 Å². The molecule has 3 aromatic carbocycles. The molecule has 0 atom stereocenters. The highest BCUT2D eigenvalue weighted by Gasteiger charge is 2.31. The van der Waals surface area contributed by atoms with Crippen LogP contribution in [0.25, 0.3) is 22.6 Å². The Morgan fingerprint density at radius 2 is 1.64 bits per heavy atom. The Morgan fingerprint density at radius 1 is 0.893 bits per heavy atom. The molecular formula is C24H20BrN2O+. The van der Waals surface area contributed by atoms with E-state index in [9.17, 15) is 0 Å². The average Bonchev–Trinajstić information content (AvgIpc) is 3.14. The van der Waals surface area contributed by atoms with Gasteiger partial charge in [0.1, 0.15) is 23.3 Å². The third kappa shape index (κ3) is 2.85. The highest BCUT2D eigenvalue weighted by atomic mass is 79.9. The fourth-order valence-corrected chi connectivity index (χ4v) is 4.24. The zero-order valence-electron chi connectivity index (χ0n) is 15.6. The van der Waals surface area contributed by atoms with Gasteiger partial charge < -0.3 is 4.74 Å². The molecule has 1 aliphatic rings. The summed E-state index contributed by atoms with van der Waals surface area (Å²) < 4.78 is 11.1. The van der Waals surface area contributed by atoms with Gasteiger partial charge in [-0.3, -0.25) is 0 Å². The first-order chi connectivity index (χ1) is 13.7. The molecular weight excluding hydrogens is 412 g/mol. The number of imidazole rings is 1. The van der Waals surface area contributed by atoms with Gasteiger partial charge >= 0.3 is 0 Å². The molecule has 1 aliphatic heterocycles. The highest BCUT2D eigenvalue weighted by Crippen LogP contribution is 2.28. The Labute approximate surface area is 173 Å². The van der Waals surface area contributed by atoms with Crippen LogP contribution in [0, 0.1) is 0 Å². The van der Waals surface area contributed by atoms with Gasteiger partial charge in [-0.15, -0.1) is 0 Å². The lowest BCUT2D eigenvalue weighted by atomic mass is 10.0. The van der Waals surface area contributed by atoms with Crippen LogP contribution in [0.2, 0.25) is 0 Å². The van der Waals surface area contributed by atoms with Gasteiger partial charge in [-0.25, -0.2) is 0 Å². The van der Waals surface area contributed by atoms with Crippen LogP contribution in [-0.4, -0.2) is 11.7 Å². The Kier molecular flexibility index (Phi) is 4.29. The minimum Gasteiger partial charge on any atom is -0.497 e. The topological polar surface area (TPSA) is 18.0 Å². The minimum absolute atomic E-state index is 0.871. The maximum atomic E-state index is 5.33. The van der Waals surface area contributed by atoms with Gasteiger partial charge in [-0.05, 0) is 66.6 Å². The van der Waals surface area contributed by atoms with E-state index in [0.29, 0.717) is 0 Å². The third-order valence-electron chi connectivity index (χ3n) is 5.37. The van der Waals surface area contributed by atoms with Gasteiger partial charge in [-0.2, -0.15) is 9.13 Å². The zero-order valence-corrected chi connectivity index (χ0v) is 17.2. The molecule has 1 aromatic heterocycles. The number of fused-ring (bicyclic) bond motifs is 3. The second-order valence-corrected chi connectivity index (χ2v) is 7.89. The maximum absolute atomic E-state index is 5.33.